The number of carbonyl (C=O) groups is 2. The molecule has 2 atom stereocenters. The molecule has 2 unspecified atom stereocenters. The number of aryl methyl sites for hydroxylation is 3. The minimum absolute atomic E-state index is 0.0897. The summed E-state index contributed by atoms with van der Waals surface area (Å²) in [5, 5.41) is 3.13. The van der Waals surface area contributed by atoms with Crippen LogP contribution in [-0.2, 0) is 41.7 Å². The van der Waals surface area contributed by atoms with Gasteiger partial charge in [-0.3, -0.25) is 14.5 Å². The van der Waals surface area contributed by atoms with Crippen molar-refractivity contribution < 1.29 is 22.8 Å². The van der Waals surface area contributed by atoms with E-state index in [4.69, 9.17) is 5.73 Å². The number of nitrogens with two attached hydrogens (primary N) is 1. The number of anilines is 1. The third-order valence-corrected chi connectivity index (χ3v) is 8.76. The molecule has 0 spiro atoms. The third kappa shape index (κ3) is 6.63. The van der Waals surface area contributed by atoms with E-state index in [1.54, 1.807) is 11.0 Å². The number of nitrogens with zero attached hydrogens (tertiary/aromatic N) is 2. The summed E-state index contributed by atoms with van der Waals surface area (Å²) in [7, 11) is 0. The van der Waals surface area contributed by atoms with Crippen LogP contribution in [0.25, 0.3) is 0 Å². The lowest BCUT2D eigenvalue weighted by Crippen LogP contribution is -2.46. The lowest BCUT2D eigenvalue weighted by atomic mass is 9.92. The predicted molar refractivity (Wildman–Crippen MR) is 162 cm³/mol. The van der Waals surface area contributed by atoms with Crippen LogP contribution in [0.5, 0.6) is 0 Å². The molecule has 2 amide bonds. The number of rotatable bonds is 6. The van der Waals surface area contributed by atoms with Crippen LogP contribution in [0.15, 0.2) is 48.5 Å². The van der Waals surface area contributed by atoms with Crippen molar-refractivity contribution in [2.75, 3.05) is 18.0 Å². The first-order valence-corrected chi connectivity index (χ1v) is 14.8. The highest BCUT2D eigenvalue weighted by atomic mass is 19.4. The molecule has 43 heavy (non-hydrogen) atoms. The number of hydrogen-bond donors (Lipinski definition) is 2. The molecule has 0 fully saturated rings. The van der Waals surface area contributed by atoms with E-state index >= 15 is 0 Å². The topological polar surface area (TPSA) is 78.7 Å². The van der Waals surface area contributed by atoms with Crippen LogP contribution in [-0.4, -0.2) is 35.8 Å². The van der Waals surface area contributed by atoms with E-state index in [9.17, 15) is 22.8 Å². The maximum atomic E-state index is 13.7. The zero-order chi connectivity index (χ0) is 31.1. The Kier molecular flexibility index (Phi) is 8.68. The molecule has 0 radical (unpaired) electrons. The molecule has 5 rings (SSSR count). The number of fused-ring (bicyclic) bond motifs is 2. The Hall–Kier alpha value is -3.69. The molecule has 2 aliphatic heterocycles. The molecule has 6 nitrogen and oxygen atoms in total. The fourth-order valence-corrected chi connectivity index (χ4v) is 6.66. The molecule has 3 aromatic carbocycles. The van der Waals surface area contributed by atoms with Gasteiger partial charge < -0.3 is 16.0 Å². The highest BCUT2D eigenvalue weighted by molar-refractivity contribution is 5.93. The van der Waals surface area contributed by atoms with E-state index in [0.29, 0.717) is 44.5 Å². The van der Waals surface area contributed by atoms with E-state index in [-0.39, 0.29) is 24.4 Å². The van der Waals surface area contributed by atoms with Gasteiger partial charge in [0.05, 0.1) is 17.6 Å². The highest BCUT2D eigenvalue weighted by Crippen LogP contribution is 2.38. The van der Waals surface area contributed by atoms with Gasteiger partial charge >= 0.3 is 6.18 Å². The van der Waals surface area contributed by atoms with Gasteiger partial charge in [-0.05, 0) is 91.1 Å². The van der Waals surface area contributed by atoms with Gasteiger partial charge in [-0.15, -0.1) is 0 Å². The lowest BCUT2D eigenvalue weighted by Gasteiger charge is -2.35. The standard InChI is InChI=1S/C34H39F3N4O2/c1-20-14-21(2)26(22(3)15-20)17-30(38)33(43)39-31-11-13-41(23(4)42)32-9-8-24(16-27(31)32)18-40-12-10-25-6-5-7-29(28(25)19-40)34(35,36)37/h5-9,14-16,30-31H,10-13,17-19,38H2,1-4H3,(H,39,43). The predicted octanol–water partition coefficient (Wildman–Crippen LogP) is 5.67. The molecule has 0 aromatic heterocycles. The maximum Gasteiger partial charge on any atom is 0.416 e. The Bertz CT molecular complexity index is 1530. The van der Waals surface area contributed by atoms with Crippen molar-refractivity contribution in [3.05, 3.63) is 98.6 Å². The van der Waals surface area contributed by atoms with Crippen molar-refractivity contribution >= 4 is 17.5 Å². The molecule has 0 bridgehead atoms. The van der Waals surface area contributed by atoms with Crippen LogP contribution < -0.4 is 16.0 Å². The minimum Gasteiger partial charge on any atom is -0.348 e. The summed E-state index contributed by atoms with van der Waals surface area (Å²) in [5.74, 6) is -0.350. The highest BCUT2D eigenvalue weighted by Gasteiger charge is 2.36. The molecule has 2 aliphatic rings. The number of amides is 2. The van der Waals surface area contributed by atoms with E-state index < -0.39 is 17.8 Å². The number of nitrogens with one attached hydrogen (secondary N) is 1. The second-order valence-electron chi connectivity index (χ2n) is 12.0. The zero-order valence-corrected chi connectivity index (χ0v) is 25.1. The van der Waals surface area contributed by atoms with Crippen LogP contribution in [0.4, 0.5) is 18.9 Å². The Morgan fingerprint density at radius 3 is 2.44 bits per heavy atom. The van der Waals surface area contributed by atoms with Gasteiger partial charge in [0.25, 0.3) is 0 Å². The maximum absolute atomic E-state index is 13.7. The van der Waals surface area contributed by atoms with Crippen LogP contribution >= 0.6 is 0 Å². The van der Waals surface area contributed by atoms with Crippen molar-refractivity contribution in [3.63, 3.8) is 0 Å². The van der Waals surface area contributed by atoms with E-state index in [2.05, 4.69) is 17.4 Å². The first-order chi connectivity index (χ1) is 20.3. The summed E-state index contributed by atoms with van der Waals surface area (Å²) in [4.78, 5) is 29.5. The number of carbonyl (C=O) groups excluding carboxylic acids is 2. The average molecular weight is 593 g/mol. The Morgan fingerprint density at radius 2 is 1.77 bits per heavy atom. The zero-order valence-electron chi connectivity index (χ0n) is 25.1. The molecule has 0 aliphatic carbocycles. The molecule has 0 saturated heterocycles. The minimum atomic E-state index is -4.40. The van der Waals surface area contributed by atoms with E-state index in [1.807, 2.05) is 43.9 Å². The first kappa shape index (κ1) is 30.8. The summed E-state index contributed by atoms with van der Waals surface area (Å²) < 4.78 is 41.1. The Balaban J connectivity index is 1.36. The fraction of sp³-hybridized carbons (Fsp3) is 0.412. The normalized spacial score (nSPS) is 17.7. The van der Waals surface area contributed by atoms with Crippen molar-refractivity contribution in [2.45, 2.75) is 78.3 Å². The van der Waals surface area contributed by atoms with Crippen LogP contribution in [0.3, 0.4) is 0 Å². The van der Waals surface area contributed by atoms with Gasteiger partial charge in [0.15, 0.2) is 0 Å². The van der Waals surface area contributed by atoms with E-state index in [1.165, 1.54) is 13.0 Å². The summed E-state index contributed by atoms with van der Waals surface area (Å²) in [6.45, 7) is 9.36. The second-order valence-corrected chi connectivity index (χ2v) is 12.0. The largest absolute Gasteiger partial charge is 0.416 e. The summed E-state index contributed by atoms with van der Waals surface area (Å²) in [6, 6.07) is 13.3. The summed E-state index contributed by atoms with van der Waals surface area (Å²) >= 11 is 0. The van der Waals surface area contributed by atoms with Crippen LogP contribution in [0, 0.1) is 20.8 Å². The quantitative estimate of drug-likeness (QED) is 0.387. The second kappa shape index (κ2) is 12.1. The lowest BCUT2D eigenvalue weighted by molar-refractivity contribution is -0.138. The smallest absolute Gasteiger partial charge is 0.348 e. The number of alkyl halides is 3. The van der Waals surface area contributed by atoms with Gasteiger partial charge in [-0.1, -0.05) is 42.0 Å². The third-order valence-electron chi connectivity index (χ3n) is 8.76. The molecule has 9 heteroatoms. The van der Waals surface area contributed by atoms with Crippen molar-refractivity contribution in [1.29, 1.82) is 0 Å². The number of halogens is 3. The summed E-state index contributed by atoms with van der Waals surface area (Å²) in [6.07, 6.45) is -2.92. The first-order valence-electron chi connectivity index (χ1n) is 14.8. The van der Waals surface area contributed by atoms with Crippen LogP contribution in [0.2, 0.25) is 0 Å². The van der Waals surface area contributed by atoms with Gasteiger partial charge in [-0.2, -0.15) is 13.2 Å². The molecule has 3 N–H and O–H groups in total. The number of benzene rings is 3. The van der Waals surface area contributed by atoms with Crippen molar-refractivity contribution in [3.8, 4) is 0 Å². The Labute approximate surface area is 251 Å². The SMILES string of the molecule is CC(=O)N1CCC(NC(=O)C(N)Cc2c(C)cc(C)cc2C)c2cc(CN3CCc4cccc(C(F)(F)F)c4C3)ccc21. The Morgan fingerprint density at radius 1 is 1.05 bits per heavy atom. The average Bonchev–Trinajstić information content (AvgIpc) is 2.94. The molecular formula is C34H39F3N4O2. The van der Waals surface area contributed by atoms with Gasteiger partial charge in [0.2, 0.25) is 11.8 Å². The number of hydrogen-bond acceptors (Lipinski definition) is 4. The van der Waals surface area contributed by atoms with Gasteiger partial charge in [0.1, 0.15) is 0 Å². The monoisotopic (exact) mass is 592 g/mol. The van der Waals surface area contributed by atoms with Crippen LogP contribution in [0.1, 0.15) is 69.5 Å². The van der Waals surface area contributed by atoms with Crippen molar-refractivity contribution in [2.24, 2.45) is 5.73 Å². The molecular weight excluding hydrogens is 553 g/mol. The van der Waals surface area contributed by atoms with Crippen molar-refractivity contribution in [1.82, 2.24) is 10.2 Å². The summed E-state index contributed by atoms with van der Waals surface area (Å²) in [5.41, 5.74) is 13.8. The van der Waals surface area contributed by atoms with E-state index in [0.717, 1.165) is 50.7 Å². The molecule has 2 heterocycles. The molecule has 0 saturated carbocycles. The molecule has 3 aromatic rings. The van der Waals surface area contributed by atoms with Gasteiger partial charge in [0, 0.05) is 38.8 Å². The molecule has 228 valence electrons. The fourth-order valence-electron chi connectivity index (χ4n) is 6.66. The van der Waals surface area contributed by atoms with Gasteiger partial charge in [-0.25, -0.2) is 0 Å².